The van der Waals surface area contributed by atoms with E-state index in [2.05, 4.69) is 15.6 Å². The van der Waals surface area contributed by atoms with E-state index >= 15 is 0 Å². The lowest BCUT2D eigenvalue weighted by atomic mass is 9.99. The average Bonchev–Trinajstić information content (AvgIpc) is 3.49. The molecule has 1 aromatic carbocycles. The predicted octanol–water partition coefficient (Wildman–Crippen LogP) is 3.55. The van der Waals surface area contributed by atoms with Crippen molar-refractivity contribution in [3.05, 3.63) is 64.8 Å². The van der Waals surface area contributed by atoms with Gasteiger partial charge in [-0.3, -0.25) is 9.78 Å². The molecule has 0 saturated carbocycles. The third-order valence-corrected chi connectivity index (χ3v) is 7.64. The van der Waals surface area contributed by atoms with Crippen LogP contribution in [-0.4, -0.2) is 47.7 Å². The lowest BCUT2D eigenvalue weighted by molar-refractivity contribution is -0.137. The highest BCUT2D eigenvalue weighted by molar-refractivity contribution is 7.14. The topological polar surface area (TPSA) is 104 Å². The number of rotatable bonds is 6. The summed E-state index contributed by atoms with van der Waals surface area (Å²) in [5.74, 6) is -0.0150. The SMILES string of the molecule is NC1CN(c2cc(C(F)(F)F)cs2)CCC1NCC(O)c1ccc(-c2ccc3c(c2)CC(=O)N3)cn1. The van der Waals surface area contributed by atoms with Crippen LogP contribution in [0, 0.1) is 0 Å². The third-order valence-electron chi connectivity index (χ3n) is 6.65. The highest BCUT2D eigenvalue weighted by Gasteiger charge is 2.34. The number of thiophene rings is 1. The molecule has 0 aliphatic carbocycles. The Balaban J connectivity index is 1.14. The zero-order valence-corrected chi connectivity index (χ0v) is 20.1. The normalized spacial score (nSPS) is 20.8. The van der Waals surface area contributed by atoms with Gasteiger partial charge in [-0.2, -0.15) is 13.2 Å². The Morgan fingerprint density at radius 2 is 2.06 bits per heavy atom. The quantitative estimate of drug-likeness (QED) is 0.399. The van der Waals surface area contributed by atoms with Gasteiger partial charge in [0.05, 0.1) is 22.7 Å². The van der Waals surface area contributed by atoms with E-state index in [1.165, 1.54) is 6.07 Å². The summed E-state index contributed by atoms with van der Waals surface area (Å²) in [6.45, 7) is 1.27. The van der Waals surface area contributed by atoms with E-state index in [0.717, 1.165) is 39.1 Å². The number of aromatic nitrogens is 1. The monoisotopic (exact) mass is 517 g/mol. The van der Waals surface area contributed by atoms with Gasteiger partial charge in [0.15, 0.2) is 0 Å². The second-order valence-corrected chi connectivity index (χ2v) is 10.1. The Labute approximate surface area is 210 Å². The third kappa shape index (κ3) is 5.24. The standard InChI is InChI=1S/C25H26F3N5O2S/c26-25(27,28)17-9-24(36-13-17)33-6-5-20(18(29)12-33)31-11-22(34)21-4-2-15(10-30-21)14-1-3-19-16(7-14)8-23(35)32-19/h1-4,7,9-10,13,18,20,22,31,34H,5-6,8,11-12,29H2,(H,32,35). The summed E-state index contributed by atoms with van der Waals surface area (Å²) in [5, 5.41) is 18.4. The Morgan fingerprint density at radius 1 is 1.25 bits per heavy atom. The number of benzene rings is 1. The van der Waals surface area contributed by atoms with Gasteiger partial charge in [-0.1, -0.05) is 12.1 Å². The molecule has 1 amide bonds. The van der Waals surface area contributed by atoms with E-state index in [-0.39, 0.29) is 24.5 Å². The van der Waals surface area contributed by atoms with Crippen molar-refractivity contribution in [3.8, 4) is 11.1 Å². The number of aliphatic hydroxyl groups excluding tert-OH is 1. The fourth-order valence-electron chi connectivity index (χ4n) is 4.62. The molecule has 190 valence electrons. The molecule has 1 fully saturated rings. The van der Waals surface area contributed by atoms with Crippen LogP contribution >= 0.6 is 11.3 Å². The highest BCUT2D eigenvalue weighted by atomic mass is 32.1. The van der Waals surface area contributed by atoms with Crippen molar-refractivity contribution in [2.45, 2.75) is 37.2 Å². The summed E-state index contributed by atoms with van der Waals surface area (Å²) in [5.41, 5.74) is 9.81. The first-order valence-electron chi connectivity index (χ1n) is 11.6. The van der Waals surface area contributed by atoms with E-state index in [4.69, 9.17) is 5.73 Å². The maximum absolute atomic E-state index is 12.9. The van der Waals surface area contributed by atoms with Crippen LogP contribution in [0.15, 0.2) is 48.0 Å². The number of pyridine rings is 1. The van der Waals surface area contributed by atoms with Gasteiger partial charge in [0, 0.05) is 54.5 Å². The lowest BCUT2D eigenvalue weighted by Gasteiger charge is -2.38. The number of nitrogens with zero attached hydrogens (tertiary/aromatic N) is 2. The van der Waals surface area contributed by atoms with Gasteiger partial charge in [0.2, 0.25) is 5.91 Å². The molecule has 0 radical (unpaired) electrons. The van der Waals surface area contributed by atoms with E-state index in [9.17, 15) is 23.1 Å². The molecule has 2 aliphatic rings. The Bertz CT molecular complexity index is 1250. The summed E-state index contributed by atoms with van der Waals surface area (Å²) in [6, 6.07) is 10.2. The second kappa shape index (κ2) is 9.81. The van der Waals surface area contributed by atoms with Crippen molar-refractivity contribution in [2.24, 2.45) is 5.73 Å². The Kier molecular flexibility index (Phi) is 6.73. The van der Waals surface area contributed by atoms with Crippen LogP contribution in [0.3, 0.4) is 0 Å². The van der Waals surface area contributed by atoms with Crippen LogP contribution in [0.4, 0.5) is 23.9 Å². The molecule has 5 rings (SSSR count). The van der Waals surface area contributed by atoms with Crippen LogP contribution < -0.4 is 21.3 Å². The number of nitrogens with one attached hydrogen (secondary N) is 2. The van der Waals surface area contributed by atoms with Crippen molar-refractivity contribution < 1.29 is 23.1 Å². The van der Waals surface area contributed by atoms with Crippen LogP contribution in [0.25, 0.3) is 11.1 Å². The number of alkyl halides is 3. The fourth-order valence-corrected chi connectivity index (χ4v) is 5.58. The van der Waals surface area contributed by atoms with Crippen LogP contribution in [0.5, 0.6) is 0 Å². The molecule has 5 N–H and O–H groups in total. The fraction of sp³-hybridized carbons (Fsp3) is 0.360. The maximum atomic E-state index is 12.9. The summed E-state index contributed by atoms with van der Waals surface area (Å²) in [6.07, 6.45) is -2.47. The second-order valence-electron chi connectivity index (χ2n) is 9.17. The van der Waals surface area contributed by atoms with Crippen molar-refractivity contribution in [3.63, 3.8) is 0 Å². The van der Waals surface area contributed by atoms with Gasteiger partial charge in [-0.15, -0.1) is 11.3 Å². The number of anilines is 2. The van der Waals surface area contributed by atoms with E-state index in [1.54, 1.807) is 12.3 Å². The van der Waals surface area contributed by atoms with Crippen LogP contribution in [0.1, 0.15) is 29.3 Å². The molecule has 0 bridgehead atoms. The van der Waals surface area contributed by atoms with Gasteiger partial charge in [0.25, 0.3) is 0 Å². The summed E-state index contributed by atoms with van der Waals surface area (Å²) < 4.78 is 38.7. The summed E-state index contributed by atoms with van der Waals surface area (Å²) in [4.78, 5) is 17.9. The molecule has 2 aliphatic heterocycles. The number of hydrogen-bond donors (Lipinski definition) is 4. The Morgan fingerprint density at radius 3 is 2.75 bits per heavy atom. The predicted molar refractivity (Wildman–Crippen MR) is 133 cm³/mol. The molecular weight excluding hydrogens is 491 g/mol. The molecule has 2 aromatic heterocycles. The molecule has 4 heterocycles. The Hall–Kier alpha value is -2.99. The van der Waals surface area contributed by atoms with Gasteiger partial charge in [-0.25, -0.2) is 0 Å². The van der Waals surface area contributed by atoms with Crippen molar-refractivity contribution in [1.29, 1.82) is 0 Å². The molecular formula is C25H26F3N5O2S. The molecule has 3 aromatic rings. The van der Waals surface area contributed by atoms with Gasteiger partial charge in [-0.05, 0) is 41.8 Å². The lowest BCUT2D eigenvalue weighted by Crippen LogP contribution is -2.57. The number of carbonyl (C=O) groups excluding carboxylic acids is 1. The molecule has 1 saturated heterocycles. The molecule has 0 spiro atoms. The smallest absolute Gasteiger partial charge is 0.385 e. The van der Waals surface area contributed by atoms with Gasteiger partial charge < -0.3 is 26.4 Å². The van der Waals surface area contributed by atoms with E-state index in [1.807, 2.05) is 29.2 Å². The number of carbonyl (C=O) groups is 1. The highest BCUT2D eigenvalue weighted by Crippen LogP contribution is 2.37. The van der Waals surface area contributed by atoms with Crippen LogP contribution in [0.2, 0.25) is 0 Å². The van der Waals surface area contributed by atoms with Gasteiger partial charge >= 0.3 is 6.18 Å². The van der Waals surface area contributed by atoms with Crippen molar-refractivity contribution in [1.82, 2.24) is 10.3 Å². The van der Waals surface area contributed by atoms with E-state index in [0.29, 0.717) is 36.6 Å². The first kappa shape index (κ1) is 24.7. The number of aliphatic hydroxyl groups is 1. The molecule has 3 unspecified atom stereocenters. The van der Waals surface area contributed by atoms with Crippen molar-refractivity contribution >= 4 is 27.9 Å². The minimum absolute atomic E-state index is 0.0150. The number of hydrogen-bond acceptors (Lipinski definition) is 7. The first-order chi connectivity index (χ1) is 17.2. The minimum atomic E-state index is -4.35. The molecule has 7 nitrogen and oxygen atoms in total. The number of fused-ring (bicyclic) bond motifs is 1. The molecule has 3 atom stereocenters. The van der Waals surface area contributed by atoms with Gasteiger partial charge in [0.1, 0.15) is 6.10 Å². The first-order valence-corrected chi connectivity index (χ1v) is 12.5. The maximum Gasteiger partial charge on any atom is 0.417 e. The average molecular weight is 518 g/mol. The van der Waals surface area contributed by atoms with Crippen molar-refractivity contribution in [2.75, 3.05) is 29.9 Å². The molecule has 11 heteroatoms. The largest absolute Gasteiger partial charge is 0.417 e. The number of piperidine rings is 1. The number of amides is 1. The number of nitrogens with two attached hydrogens (primary N) is 1. The zero-order valence-electron chi connectivity index (χ0n) is 19.3. The molecule has 36 heavy (non-hydrogen) atoms. The van der Waals surface area contributed by atoms with Crippen LogP contribution in [-0.2, 0) is 17.4 Å². The summed E-state index contributed by atoms with van der Waals surface area (Å²) >= 11 is 1.07. The summed E-state index contributed by atoms with van der Waals surface area (Å²) in [7, 11) is 0. The zero-order chi connectivity index (χ0) is 25.4. The number of halogens is 3. The van der Waals surface area contributed by atoms with E-state index < -0.39 is 17.8 Å². The minimum Gasteiger partial charge on any atom is -0.385 e.